The highest BCUT2D eigenvalue weighted by Crippen LogP contribution is 2.07. The molecule has 1 aliphatic rings. The molecular formula is C8H16N2O2. The van der Waals surface area contributed by atoms with E-state index in [0.29, 0.717) is 19.6 Å². The Hall–Kier alpha value is -0.610. The van der Waals surface area contributed by atoms with Crippen LogP contribution in [0.4, 0.5) is 0 Å². The summed E-state index contributed by atoms with van der Waals surface area (Å²) in [7, 11) is 0. The molecule has 2 N–H and O–H groups in total. The molecule has 0 aromatic heterocycles. The van der Waals surface area contributed by atoms with Crippen molar-refractivity contribution in [3.05, 3.63) is 0 Å². The Labute approximate surface area is 72.6 Å². The highest BCUT2D eigenvalue weighted by atomic mass is 16.7. The fourth-order valence-electron chi connectivity index (χ4n) is 1.13. The van der Waals surface area contributed by atoms with Crippen molar-refractivity contribution in [3.8, 4) is 0 Å². The van der Waals surface area contributed by atoms with Crippen LogP contribution >= 0.6 is 0 Å². The quantitative estimate of drug-likeness (QED) is 0.650. The van der Waals surface area contributed by atoms with Gasteiger partial charge in [0.25, 0.3) is 5.91 Å². The molecule has 0 radical (unpaired) electrons. The molecule has 1 rings (SSSR count). The van der Waals surface area contributed by atoms with Gasteiger partial charge in [-0.1, -0.05) is 6.92 Å². The lowest BCUT2D eigenvalue weighted by atomic mass is 10.2. The van der Waals surface area contributed by atoms with Crippen LogP contribution in [0.5, 0.6) is 0 Å². The highest BCUT2D eigenvalue weighted by Gasteiger charge is 2.22. The number of rotatable bonds is 2. The number of hydrogen-bond acceptors (Lipinski definition) is 3. The van der Waals surface area contributed by atoms with E-state index >= 15 is 0 Å². The van der Waals surface area contributed by atoms with Gasteiger partial charge in [0.05, 0.1) is 12.6 Å². The Kier molecular flexibility index (Phi) is 3.49. The first-order valence-electron chi connectivity index (χ1n) is 4.45. The minimum atomic E-state index is -0.400. The monoisotopic (exact) mass is 172 g/mol. The maximum absolute atomic E-state index is 11.4. The molecule has 0 spiro atoms. The molecule has 0 aliphatic carbocycles. The summed E-state index contributed by atoms with van der Waals surface area (Å²) in [6, 6.07) is -0.400. The summed E-state index contributed by atoms with van der Waals surface area (Å²) in [4.78, 5) is 16.6. The van der Waals surface area contributed by atoms with Crippen molar-refractivity contribution in [1.29, 1.82) is 0 Å². The van der Waals surface area contributed by atoms with E-state index in [1.54, 1.807) is 0 Å². The van der Waals surface area contributed by atoms with Crippen molar-refractivity contribution in [2.24, 2.45) is 5.73 Å². The molecule has 70 valence electrons. The molecule has 1 atom stereocenters. The summed E-state index contributed by atoms with van der Waals surface area (Å²) in [6.45, 7) is 3.22. The van der Waals surface area contributed by atoms with Crippen molar-refractivity contribution in [2.45, 2.75) is 32.2 Å². The summed E-state index contributed by atoms with van der Waals surface area (Å²) in [5.74, 6) is -0.0859. The van der Waals surface area contributed by atoms with Crippen molar-refractivity contribution in [1.82, 2.24) is 5.06 Å². The number of carbonyl (C=O) groups is 1. The van der Waals surface area contributed by atoms with Crippen LogP contribution in [0.1, 0.15) is 26.2 Å². The van der Waals surface area contributed by atoms with Crippen LogP contribution in [0.2, 0.25) is 0 Å². The van der Waals surface area contributed by atoms with E-state index in [1.165, 1.54) is 5.06 Å². The van der Waals surface area contributed by atoms with Gasteiger partial charge in [0.1, 0.15) is 0 Å². The van der Waals surface area contributed by atoms with Crippen molar-refractivity contribution < 1.29 is 9.63 Å². The summed E-state index contributed by atoms with van der Waals surface area (Å²) in [6.07, 6.45) is 2.71. The third-order valence-electron chi connectivity index (χ3n) is 2.01. The molecule has 0 saturated carbocycles. The second-order valence-electron chi connectivity index (χ2n) is 3.00. The highest BCUT2D eigenvalue weighted by molar-refractivity contribution is 5.80. The zero-order chi connectivity index (χ0) is 8.97. The standard InChI is InChI=1S/C8H16N2O2/c1-2-7(9)8(11)10-5-3-4-6-12-10/h7H,2-6,9H2,1H3/t7-/m1/s1. The Balaban J connectivity index is 2.39. The van der Waals surface area contributed by atoms with Crippen molar-refractivity contribution in [3.63, 3.8) is 0 Å². The molecule has 1 fully saturated rings. The molecule has 1 amide bonds. The first-order chi connectivity index (χ1) is 5.75. The molecule has 1 heterocycles. The van der Waals surface area contributed by atoms with Gasteiger partial charge in [-0.2, -0.15) is 0 Å². The van der Waals surface area contributed by atoms with Crippen LogP contribution < -0.4 is 5.73 Å². The second-order valence-corrected chi connectivity index (χ2v) is 3.00. The molecule has 4 heteroatoms. The Morgan fingerprint density at radius 1 is 1.67 bits per heavy atom. The molecule has 0 aromatic rings. The topological polar surface area (TPSA) is 55.6 Å². The number of nitrogens with zero attached hydrogens (tertiary/aromatic N) is 1. The predicted molar refractivity (Wildman–Crippen MR) is 45.2 cm³/mol. The normalized spacial score (nSPS) is 20.7. The Bertz CT molecular complexity index is 155. The zero-order valence-electron chi connectivity index (χ0n) is 7.45. The van der Waals surface area contributed by atoms with E-state index in [-0.39, 0.29) is 5.91 Å². The lowest BCUT2D eigenvalue weighted by molar-refractivity contribution is -0.198. The molecule has 0 bridgehead atoms. The van der Waals surface area contributed by atoms with E-state index in [9.17, 15) is 4.79 Å². The van der Waals surface area contributed by atoms with E-state index in [0.717, 1.165) is 12.8 Å². The summed E-state index contributed by atoms with van der Waals surface area (Å²) < 4.78 is 0. The van der Waals surface area contributed by atoms with Crippen LogP contribution in [-0.4, -0.2) is 30.2 Å². The number of carbonyl (C=O) groups excluding carboxylic acids is 1. The first-order valence-corrected chi connectivity index (χ1v) is 4.45. The van der Waals surface area contributed by atoms with Crippen LogP contribution in [-0.2, 0) is 9.63 Å². The summed E-state index contributed by atoms with van der Waals surface area (Å²) >= 11 is 0. The second kappa shape index (κ2) is 4.42. The zero-order valence-corrected chi connectivity index (χ0v) is 7.45. The number of hydrogen-bond donors (Lipinski definition) is 1. The lowest BCUT2D eigenvalue weighted by Crippen LogP contribution is -2.45. The van der Waals surface area contributed by atoms with E-state index in [1.807, 2.05) is 6.92 Å². The predicted octanol–water partition coefficient (Wildman–Crippen LogP) is 0.278. The largest absolute Gasteiger partial charge is 0.320 e. The van der Waals surface area contributed by atoms with Crippen molar-refractivity contribution in [2.75, 3.05) is 13.2 Å². The molecule has 4 nitrogen and oxygen atoms in total. The number of nitrogens with two attached hydrogens (primary N) is 1. The maximum atomic E-state index is 11.4. The Morgan fingerprint density at radius 2 is 2.42 bits per heavy atom. The van der Waals surface area contributed by atoms with Gasteiger partial charge < -0.3 is 5.73 Å². The smallest absolute Gasteiger partial charge is 0.262 e. The molecule has 0 aromatic carbocycles. The Morgan fingerprint density at radius 3 is 2.92 bits per heavy atom. The molecule has 1 saturated heterocycles. The van der Waals surface area contributed by atoms with Gasteiger partial charge in [-0.25, -0.2) is 5.06 Å². The lowest BCUT2D eigenvalue weighted by Gasteiger charge is -2.27. The number of hydroxylamine groups is 2. The number of amides is 1. The first kappa shape index (κ1) is 9.48. The van der Waals surface area contributed by atoms with Gasteiger partial charge in [0.15, 0.2) is 0 Å². The van der Waals surface area contributed by atoms with Crippen LogP contribution in [0.25, 0.3) is 0 Å². The molecule has 12 heavy (non-hydrogen) atoms. The minimum absolute atomic E-state index is 0.0859. The average molecular weight is 172 g/mol. The molecule has 1 aliphatic heterocycles. The third-order valence-corrected chi connectivity index (χ3v) is 2.01. The third kappa shape index (κ3) is 2.19. The van der Waals surface area contributed by atoms with Gasteiger partial charge in [-0.05, 0) is 19.3 Å². The van der Waals surface area contributed by atoms with E-state index in [4.69, 9.17) is 10.6 Å². The van der Waals surface area contributed by atoms with Gasteiger partial charge in [-0.15, -0.1) is 0 Å². The average Bonchev–Trinajstić information content (AvgIpc) is 2.17. The summed E-state index contributed by atoms with van der Waals surface area (Å²) in [5, 5.41) is 1.40. The van der Waals surface area contributed by atoms with Crippen LogP contribution in [0, 0.1) is 0 Å². The summed E-state index contributed by atoms with van der Waals surface area (Å²) in [5.41, 5.74) is 5.58. The molecular weight excluding hydrogens is 156 g/mol. The van der Waals surface area contributed by atoms with Gasteiger partial charge in [-0.3, -0.25) is 9.63 Å². The van der Waals surface area contributed by atoms with Gasteiger partial charge >= 0.3 is 0 Å². The SMILES string of the molecule is CC[C@@H](N)C(=O)N1CCCCO1. The van der Waals surface area contributed by atoms with Crippen LogP contribution in [0.15, 0.2) is 0 Å². The van der Waals surface area contributed by atoms with Gasteiger partial charge in [0.2, 0.25) is 0 Å². The fourth-order valence-corrected chi connectivity index (χ4v) is 1.13. The molecule has 0 unspecified atom stereocenters. The fraction of sp³-hybridized carbons (Fsp3) is 0.875. The van der Waals surface area contributed by atoms with E-state index < -0.39 is 6.04 Å². The minimum Gasteiger partial charge on any atom is -0.320 e. The van der Waals surface area contributed by atoms with Crippen LogP contribution in [0.3, 0.4) is 0 Å². The van der Waals surface area contributed by atoms with E-state index in [2.05, 4.69) is 0 Å². The maximum Gasteiger partial charge on any atom is 0.262 e. The van der Waals surface area contributed by atoms with Crippen molar-refractivity contribution >= 4 is 5.91 Å². The van der Waals surface area contributed by atoms with Gasteiger partial charge in [0, 0.05) is 6.54 Å².